The lowest BCUT2D eigenvalue weighted by Gasteiger charge is -2.32. The Balaban J connectivity index is 1.35. The summed E-state index contributed by atoms with van der Waals surface area (Å²) in [6.07, 6.45) is 8.68. The van der Waals surface area contributed by atoms with Gasteiger partial charge in [-0.3, -0.25) is 9.20 Å². The third kappa shape index (κ3) is 3.84. The Morgan fingerprint density at radius 2 is 1.90 bits per heavy atom. The number of hydrogen-bond donors (Lipinski definition) is 1. The van der Waals surface area contributed by atoms with E-state index < -0.39 is 0 Å². The van der Waals surface area contributed by atoms with Crippen molar-refractivity contribution in [3.63, 3.8) is 0 Å². The number of nitrogens with one attached hydrogen (secondary N) is 1. The van der Waals surface area contributed by atoms with Crippen molar-refractivity contribution < 1.29 is 4.79 Å². The maximum Gasteiger partial charge on any atom is 0.278 e. The van der Waals surface area contributed by atoms with Gasteiger partial charge in [-0.1, -0.05) is 17.7 Å². The number of aryl methyl sites for hydroxylation is 2. The van der Waals surface area contributed by atoms with Gasteiger partial charge < -0.3 is 10.2 Å². The molecule has 0 atom stereocenters. The highest BCUT2D eigenvalue weighted by Crippen LogP contribution is 2.33. The van der Waals surface area contributed by atoms with Gasteiger partial charge in [0.05, 0.1) is 0 Å². The van der Waals surface area contributed by atoms with Gasteiger partial charge in [-0.2, -0.15) is 0 Å². The molecule has 6 heteroatoms. The van der Waals surface area contributed by atoms with Crippen molar-refractivity contribution in [3.05, 3.63) is 59.3 Å². The van der Waals surface area contributed by atoms with Crippen molar-refractivity contribution in [1.29, 1.82) is 0 Å². The maximum absolute atomic E-state index is 12.9. The fourth-order valence-corrected chi connectivity index (χ4v) is 4.62. The van der Waals surface area contributed by atoms with E-state index in [1.807, 2.05) is 36.6 Å². The lowest BCUT2D eigenvalue weighted by molar-refractivity contribution is 0.102. The third-order valence-electron chi connectivity index (χ3n) is 6.53. The molecular weight excluding hydrogens is 374 g/mol. The van der Waals surface area contributed by atoms with E-state index in [0.717, 1.165) is 43.1 Å². The number of likely N-dealkylation sites (tertiary alicyclic amines) is 1. The Kier molecular flexibility index (Phi) is 5.03. The van der Waals surface area contributed by atoms with Gasteiger partial charge in [0.1, 0.15) is 6.33 Å². The molecular formula is C24H29N5O. The molecule has 3 heterocycles. The largest absolute Gasteiger partial charge is 0.320 e. The van der Waals surface area contributed by atoms with Crippen molar-refractivity contribution in [2.45, 2.75) is 45.4 Å². The number of anilines is 1. The van der Waals surface area contributed by atoms with Crippen LogP contribution in [-0.2, 0) is 0 Å². The van der Waals surface area contributed by atoms with Gasteiger partial charge in [0.2, 0.25) is 0 Å². The zero-order chi connectivity index (χ0) is 20.7. The first-order chi connectivity index (χ1) is 14.6. The average molecular weight is 404 g/mol. The van der Waals surface area contributed by atoms with Gasteiger partial charge in [0.25, 0.3) is 5.91 Å². The fourth-order valence-electron chi connectivity index (χ4n) is 4.62. The van der Waals surface area contributed by atoms with Crippen LogP contribution in [0.5, 0.6) is 0 Å². The highest BCUT2D eigenvalue weighted by Gasteiger charge is 2.28. The molecule has 30 heavy (non-hydrogen) atoms. The number of carbonyl (C=O) groups is 1. The molecule has 0 bridgehead atoms. The summed E-state index contributed by atoms with van der Waals surface area (Å²) in [5, 5.41) is 3.00. The molecule has 2 aromatic heterocycles. The number of aromatic nitrogens is 3. The fraction of sp³-hybridized carbons (Fsp3) is 0.458. The van der Waals surface area contributed by atoms with Gasteiger partial charge in [-0.15, -0.1) is 0 Å². The van der Waals surface area contributed by atoms with E-state index in [1.54, 1.807) is 6.33 Å². The summed E-state index contributed by atoms with van der Waals surface area (Å²) in [6, 6.07) is 8.09. The van der Waals surface area contributed by atoms with Crippen LogP contribution in [0.4, 0.5) is 5.69 Å². The summed E-state index contributed by atoms with van der Waals surface area (Å²) < 4.78 is 2.01. The van der Waals surface area contributed by atoms with Gasteiger partial charge in [0, 0.05) is 30.0 Å². The van der Waals surface area contributed by atoms with E-state index in [1.165, 1.54) is 30.6 Å². The molecule has 1 saturated carbocycles. The maximum atomic E-state index is 12.9. The topological polar surface area (TPSA) is 62.5 Å². The van der Waals surface area contributed by atoms with E-state index in [0.29, 0.717) is 17.3 Å². The lowest BCUT2D eigenvalue weighted by atomic mass is 9.93. The van der Waals surface area contributed by atoms with Crippen LogP contribution in [0.15, 0.2) is 36.8 Å². The minimum atomic E-state index is -0.214. The van der Waals surface area contributed by atoms with Crippen molar-refractivity contribution in [2.24, 2.45) is 5.92 Å². The Bertz CT molecular complexity index is 1080. The molecule has 1 N–H and O–H groups in total. The number of nitrogens with zero attached hydrogens (tertiary/aromatic N) is 4. The summed E-state index contributed by atoms with van der Waals surface area (Å²) >= 11 is 0. The van der Waals surface area contributed by atoms with Crippen LogP contribution in [0, 0.1) is 19.8 Å². The smallest absolute Gasteiger partial charge is 0.278 e. The van der Waals surface area contributed by atoms with Crippen molar-refractivity contribution >= 4 is 17.2 Å². The van der Waals surface area contributed by atoms with E-state index in [4.69, 9.17) is 0 Å². The molecule has 5 rings (SSSR count). The van der Waals surface area contributed by atoms with Crippen LogP contribution in [0.3, 0.4) is 0 Å². The van der Waals surface area contributed by atoms with Crippen LogP contribution in [0.2, 0.25) is 0 Å². The second-order valence-electron chi connectivity index (χ2n) is 8.95. The SMILES string of the molecule is Cc1ccc(NC(=O)c2ncn3c(C4CCN(CC5CC5)CC4)ccnc23)c(C)c1. The van der Waals surface area contributed by atoms with Crippen LogP contribution >= 0.6 is 0 Å². The highest BCUT2D eigenvalue weighted by atomic mass is 16.1. The lowest BCUT2D eigenvalue weighted by Crippen LogP contribution is -2.34. The van der Waals surface area contributed by atoms with Crippen molar-refractivity contribution in [2.75, 3.05) is 25.0 Å². The van der Waals surface area contributed by atoms with E-state index in [-0.39, 0.29) is 5.91 Å². The standard InChI is InChI=1S/C24H29N5O/c1-16-3-6-20(17(2)13-16)27-24(30)22-23-25-10-7-21(29(23)15-26-22)19-8-11-28(12-9-19)14-18-4-5-18/h3,6-7,10,13,15,18-19H,4-5,8-9,11-12,14H2,1-2H3,(H,27,30). The summed E-state index contributed by atoms with van der Waals surface area (Å²) in [5.41, 5.74) is 5.25. The highest BCUT2D eigenvalue weighted by molar-refractivity contribution is 6.07. The summed E-state index contributed by atoms with van der Waals surface area (Å²) in [7, 11) is 0. The molecule has 0 spiro atoms. The first-order valence-electron chi connectivity index (χ1n) is 11.0. The number of hydrogen-bond acceptors (Lipinski definition) is 4. The second-order valence-corrected chi connectivity index (χ2v) is 8.95. The number of benzene rings is 1. The molecule has 1 aliphatic heterocycles. The second kappa shape index (κ2) is 7.84. The van der Waals surface area contributed by atoms with Gasteiger partial charge in [0.15, 0.2) is 11.3 Å². The molecule has 1 aliphatic carbocycles. The molecule has 1 aromatic carbocycles. The molecule has 0 radical (unpaired) electrons. The molecule has 2 aliphatic rings. The summed E-state index contributed by atoms with van der Waals surface area (Å²) in [4.78, 5) is 24.5. The zero-order valence-electron chi connectivity index (χ0n) is 17.8. The number of carbonyl (C=O) groups excluding carboxylic acids is 1. The molecule has 156 valence electrons. The van der Waals surface area contributed by atoms with Crippen molar-refractivity contribution in [3.8, 4) is 0 Å². The number of amides is 1. The predicted molar refractivity (Wildman–Crippen MR) is 118 cm³/mol. The van der Waals surface area contributed by atoms with Crippen LogP contribution in [-0.4, -0.2) is 44.8 Å². The molecule has 1 saturated heterocycles. The minimum Gasteiger partial charge on any atom is -0.320 e. The van der Waals surface area contributed by atoms with Crippen LogP contribution in [0.25, 0.3) is 5.65 Å². The summed E-state index contributed by atoms with van der Waals surface area (Å²) in [5.74, 6) is 1.21. The number of fused-ring (bicyclic) bond motifs is 1. The molecule has 2 fully saturated rings. The Labute approximate surface area is 177 Å². The molecule has 1 amide bonds. The monoisotopic (exact) mass is 403 g/mol. The van der Waals surface area contributed by atoms with Crippen LogP contribution in [0.1, 0.15) is 58.9 Å². The normalized spacial score (nSPS) is 18.1. The first-order valence-corrected chi connectivity index (χ1v) is 11.0. The molecule has 6 nitrogen and oxygen atoms in total. The Morgan fingerprint density at radius 1 is 1.10 bits per heavy atom. The minimum absolute atomic E-state index is 0.214. The van der Waals surface area contributed by atoms with E-state index in [9.17, 15) is 4.79 Å². The average Bonchev–Trinajstić information content (AvgIpc) is 3.45. The quantitative estimate of drug-likeness (QED) is 0.694. The summed E-state index contributed by atoms with van der Waals surface area (Å²) in [6.45, 7) is 7.62. The Morgan fingerprint density at radius 3 is 2.63 bits per heavy atom. The molecule has 0 unspecified atom stereocenters. The number of imidazole rings is 1. The first kappa shape index (κ1) is 19.2. The van der Waals surface area contributed by atoms with Gasteiger partial charge in [-0.05, 0) is 76.2 Å². The van der Waals surface area contributed by atoms with Gasteiger partial charge >= 0.3 is 0 Å². The van der Waals surface area contributed by atoms with Crippen LogP contribution < -0.4 is 5.32 Å². The van der Waals surface area contributed by atoms with E-state index in [2.05, 4.69) is 32.3 Å². The van der Waals surface area contributed by atoms with Crippen molar-refractivity contribution in [1.82, 2.24) is 19.3 Å². The Hall–Kier alpha value is -2.73. The molecule has 3 aromatic rings. The van der Waals surface area contributed by atoms with E-state index >= 15 is 0 Å². The zero-order valence-corrected chi connectivity index (χ0v) is 17.8. The predicted octanol–water partition coefficient (Wildman–Crippen LogP) is 4.19. The third-order valence-corrected chi connectivity index (χ3v) is 6.53. The van der Waals surface area contributed by atoms with Gasteiger partial charge in [-0.25, -0.2) is 9.97 Å². The number of piperidine rings is 1. The number of rotatable bonds is 5.